The van der Waals surface area contributed by atoms with E-state index in [-0.39, 0.29) is 18.6 Å². The normalized spacial score (nSPS) is 15.2. The smallest absolute Gasteiger partial charge is 0.276 e. The molecule has 0 bridgehead atoms. The summed E-state index contributed by atoms with van der Waals surface area (Å²) in [6, 6.07) is 7.76. The van der Waals surface area contributed by atoms with Gasteiger partial charge in [-0.25, -0.2) is 0 Å². The number of benzene rings is 1. The summed E-state index contributed by atoms with van der Waals surface area (Å²) in [6.07, 6.45) is 1.70. The molecule has 0 N–H and O–H groups in total. The lowest BCUT2D eigenvalue weighted by Crippen LogP contribution is -2.40. The Kier molecular flexibility index (Phi) is 5.38. The van der Waals surface area contributed by atoms with Crippen LogP contribution in [0.4, 0.5) is 0 Å². The van der Waals surface area contributed by atoms with Crippen molar-refractivity contribution in [2.24, 2.45) is 0 Å². The maximum absolute atomic E-state index is 12.5. The third-order valence-electron chi connectivity index (χ3n) is 4.70. The molecule has 134 valence electrons. The van der Waals surface area contributed by atoms with E-state index in [4.69, 9.17) is 14.0 Å². The quantitative estimate of drug-likeness (QED) is 0.834. The van der Waals surface area contributed by atoms with Crippen LogP contribution in [0.5, 0.6) is 5.75 Å². The van der Waals surface area contributed by atoms with Crippen LogP contribution in [0.15, 0.2) is 28.8 Å². The molecule has 6 heteroatoms. The van der Waals surface area contributed by atoms with E-state index in [9.17, 15) is 4.79 Å². The Morgan fingerprint density at radius 1 is 1.24 bits per heavy atom. The van der Waals surface area contributed by atoms with E-state index in [0.29, 0.717) is 24.7 Å². The molecule has 2 aromatic rings. The standard InChI is InChI=1S/C19H24N2O4/c1-13-4-5-16(10-14(13)2)24-12-17-11-18(20-25-17)19(22)21(3)15-6-8-23-9-7-15/h4-5,10-11,15H,6-9,12H2,1-3H3. The first kappa shape index (κ1) is 17.5. The molecule has 1 aromatic carbocycles. The highest BCUT2D eigenvalue weighted by atomic mass is 16.5. The summed E-state index contributed by atoms with van der Waals surface area (Å²) in [5.41, 5.74) is 2.70. The number of nitrogens with zero attached hydrogens (tertiary/aromatic N) is 2. The van der Waals surface area contributed by atoms with Gasteiger partial charge in [0.2, 0.25) is 0 Å². The molecule has 1 saturated heterocycles. The molecule has 1 aliphatic rings. The van der Waals surface area contributed by atoms with Crippen LogP contribution in [0.1, 0.15) is 40.2 Å². The second kappa shape index (κ2) is 7.70. The lowest BCUT2D eigenvalue weighted by atomic mass is 10.1. The Morgan fingerprint density at radius 2 is 2.00 bits per heavy atom. The molecule has 1 fully saturated rings. The number of amides is 1. The van der Waals surface area contributed by atoms with Gasteiger partial charge in [0.1, 0.15) is 12.4 Å². The minimum Gasteiger partial charge on any atom is -0.486 e. The highest BCUT2D eigenvalue weighted by Gasteiger charge is 2.25. The van der Waals surface area contributed by atoms with Crippen LogP contribution < -0.4 is 4.74 Å². The van der Waals surface area contributed by atoms with Gasteiger partial charge in [0, 0.05) is 32.4 Å². The van der Waals surface area contributed by atoms with Crippen LogP contribution in [0.3, 0.4) is 0 Å². The van der Waals surface area contributed by atoms with Gasteiger partial charge in [-0.2, -0.15) is 0 Å². The summed E-state index contributed by atoms with van der Waals surface area (Å²) in [7, 11) is 1.80. The minimum atomic E-state index is -0.131. The Morgan fingerprint density at radius 3 is 2.72 bits per heavy atom. The van der Waals surface area contributed by atoms with Crippen molar-refractivity contribution in [3.8, 4) is 5.75 Å². The Bertz CT molecular complexity index is 735. The Balaban J connectivity index is 1.59. The molecule has 1 amide bonds. The van der Waals surface area contributed by atoms with E-state index < -0.39 is 0 Å². The van der Waals surface area contributed by atoms with Crippen molar-refractivity contribution in [3.63, 3.8) is 0 Å². The second-order valence-corrected chi connectivity index (χ2v) is 6.47. The SMILES string of the molecule is Cc1ccc(OCc2cc(C(=O)N(C)C3CCOCC3)no2)cc1C. The molecule has 0 spiro atoms. The van der Waals surface area contributed by atoms with Crippen molar-refractivity contribution < 1.29 is 18.8 Å². The molecule has 25 heavy (non-hydrogen) atoms. The molecule has 0 unspecified atom stereocenters. The highest BCUT2D eigenvalue weighted by Crippen LogP contribution is 2.19. The molecule has 3 rings (SSSR count). The lowest BCUT2D eigenvalue weighted by Gasteiger charge is -2.30. The maximum Gasteiger partial charge on any atom is 0.276 e. The molecular weight excluding hydrogens is 320 g/mol. The molecule has 0 atom stereocenters. The maximum atomic E-state index is 12.5. The summed E-state index contributed by atoms with van der Waals surface area (Å²) in [5.74, 6) is 1.17. The molecule has 1 aromatic heterocycles. The zero-order valence-corrected chi connectivity index (χ0v) is 14.9. The van der Waals surface area contributed by atoms with Crippen LogP contribution in [0.25, 0.3) is 0 Å². The monoisotopic (exact) mass is 344 g/mol. The van der Waals surface area contributed by atoms with Gasteiger partial charge >= 0.3 is 0 Å². The molecule has 0 saturated carbocycles. The van der Waals surface area contributed by atoms with Gasteiger partial charge in [0.25, 0.3) is 5.91 Å². The van der Waals surface area contributed by atoms with Gasteiger partial charge in [0.15, 0.2) is 11.5 Å². The van der Waals surface area contributed by atoms with Crippen molar-refractivity contribution in [1.82, 2.24) is 10.1 Å². The van der Waals surface area contributed by atoms with E-state index in [2.05, 4.69) is 12.1 Å². The summed E-state index contributed by atoms with van der Waals surface area (Å²) < 4.78 is 16.3. The summed E-state index contributed by atoms with van der Waals surface area (Å²) in [5, 5.41) is 3.90. The van der Waals surface area contributed by atoms with Crippen molar-refractivity contribution in [2.45, 2.75) is 39.3 Å². The van der Waals surface area contributed by atoms with Gasteiger partial charge in [-0.1, -0.05) is 11.2 Å². The zero-order valence-electron chi connectivity index (χ0n) is 14.9. The van der Waals surface area contributed by atoms with Crippen LogP contribution in [0.2, 0.25) is 0 Å². The highest BCUT2D eigenvalue weighted by molar-refractivity contribution is 5.92. The minimum absolute atomic E-state index is 0.131. The largest absolute Gasteiger partial charge is 0.486 e. The first-order valence-electron chi connectivity index (χ1n) is 8.55. The van der Waals surface area contributed by atoms with Gasteiger partial charge < -0.3 is 18.9 Å². The number of rotatable bonds is 5. The van der Waals surface area contributed by atoms with Crippen molar-refractivity contribution in [2.75, 3.05) is 20.3 Å². The average molecular weight is 344 g/mol. The van der Waals surface area contributed by atoms with Crippen LogP contribution >= 0.6 is 0 Å². The molecule has 2 heterocycles. The molecule has 1 aliphatic heterocycles. The predicted molar refractivity (Wildman–Crippen MR) is 92.7 cm³/mol. The molecule has 0 radical (unpaired) electrons. The van der Waals surface area contributed by atoms with Gasteiger partial charge in [-0.05, 0) is 49.9 Å². The van der Waals surface area contributed by atoms with E-state index in [1.54, 1.807) is 18.0 Å². The van der Waals surface area contributed by atoms with Crippen molar-refractivity contribution >= 4 is 5.91 Å². The first-order chi connectivity index (χ1) is 12.0. The van der Waals surface area contributed by atoms with Crippen molar-refractivity contribution in [1.29, 1.82) is 0 Å². The second-order valence-electron chi connectivity index (χ2n) is 6.47. The number of hydrogen-bond donors (Lipinski definition) is 0. The fraction of sp³-hybridized carbons (Fsp3) is 0.474. The summed E-state index contributed by atoms with van der Waals surface area (Å²) in [6.45, 7) is 5.72. The van der Waals surface area contributed by atoms with Crippen LogP contribution in [-0.2, 0) is 11.3 Å². The summed E-state index contributed by atoms with van der Waals surface area (Å²) in [4.78, 5) is 14.3. The molecule has 0 aliphatic carbocycles. The summed E-state index contributed by atoms with van der Waals surface area (Å²) >= 11 is 0. The molecular formula is C19H24N2O4. The van der Waals surface area contributed by atoms with Crippen molar-refractivity contribution in [3.05, 3.63) is 46.8 Å². The van der Waals surface area contributed by atoms with Gasteiger partial charge in [0.05, 0.1) is 0 Å². The topological polar surface area (TPSA) is 64.8 Å². The fourth-order valence-corrected chi connectivity index (χ4v) is 2.86. The van der Waals surface area contributed by atoms with Gasteiger partial charge in [-0.15, -0.1) is 0 Å². The molecule has 6 nitrogen and oxygen atoms in total. The van der Waals surface area contributed by atoms with E-state index in [0.717, 1.165) is 18.6 Å². The van der Waals surface area contributed by atoms with Crippen LogP contribution in [-0.4, -0.2) is 42.3 Å². The fourth-order valence-electron chi connectivity index (χ4n) is 2.86. The average Bonchev–Trinajstić information content (AvgIpc) is 3.11. The van der Waals surface area contributed by atoms with E-state index >= 15 is 0 Å². The lowest BCUT2D eigenvalue weighted by molar-refractivity contribution is 0.0356. The Labute approximate surface area is 147 Å². The third-order valence-corrected chi connectivity index (χ3v) is 4.70. The van der Waals surface area contributed by atoms with Gasteiger partial charge in [-0.3, -0.25) is 4.79 Å². The van der Waals surface area contributed by atoms with E-state index in [1.165, 1.54) is 11.1 Å². The number of aromatic nitrogens is 1. The number of ether oxygens (including phenoxy) is 2. The van der Waals surface area contributed by atoms with E-state index in [1.807, 2.05) is 25.1 Å². The number of carbonyl (C=O) groups is 1. The number of hydrogen-bond acceptors (Lipinski definition) is 5. The first-order valence-corrected chi connectivity index (χ1v) is 8.55. The Hall–Kier alpha value is -2.34. The van der Waals surface area contributed by atoms with Crippen LogP contribution in [0, 0.1) is 13.8 Å². The third kappa shape index (κ3) is 4.20. The number of aryl methyl sites for hydroxylation is 2. The predicted octanol–water partition coefficient (Wildman–Crippen LogP) is 3.12. The zero-order chi connectivity index (χ0) is 17.8. The number of carbonyl (C=O) groups excluding carboxylic acids is 1.